The van der Waals surface area contributed by atoms with Crippen molar-refractivity contribution in [1.82, 2.24) is 15.3 Å². The van der Waals surface area contributed by atoms with Crippen LogP contribution in [0.25, 0.3) is 11.4 Å². The van der Waals surface area contributed by atoms with Crippen molar-refractivity contribution in [3.05, 3.63) is 47.0 Å². The number of hydrogen-bond acceptors (Lipinski definition) is 3. The molecule has 0 saturated heterocycles. The van der Waals surface area contributed by atoms with Gasteiger partial charge in [0.05, 0.1) is 0 Å². The minimum absolute atomic E-state index is 0.236. The Kier molecular flexibility index (Phi) is 3.97. The summed E-state index contributed by atoms with van der Waals surface area (Å²) >= 11 is 0. The van der Waals surface area contributed by atoms with E-state index in [1.165, 1.54) is 17.7 Å². The second kappa shape index (κ2) is 5.90. The second-order valence-corrected chi connectivity index (χ2v) is 5.85. The van der Waals surface area contributed by atoms with Gasteiger partial charge in [0.1, 0.15) is 5.82 Å². The molecule has 1 atom stereocenters. The van der Waals surface area contributed by atoms with Crippen LogP contribution in [0.1, 0.15) is 23.2 Å². The molecule has 1 aliphatic carbocycles. The molecule has 0 aliphatic heterocycles. The molecule has 1 aromatic carbocycles. The largest absolute Gasteiger partial charge is 0.319 e. The van der Waals surface area contributed by atoms with Gasteiger partial charge in [0.15, 0.2) is 5.82 Å². The van der Waals surface area contributed by atoms with Crippen LogP contribution in [0.5, 0.6) is 0 Å². The quantitative estimate of drug-likeness (QED) is 0.942. The van der Waals surface area contributed by atoms with E-state index in [4.69, 9.17) is 0 Å². The summed E-state index contributed by atoms with van der Waals surface area (Å²) in [6.45, 7) is 2.91. The van der Waals surface area contributed by atoms with Crippen LogP contribution in [-0.2, 0) is 12.8 Å². The standard InChI is InChI=1S/C17H20FN3/c1-11-5-13(8-15(18)6-11)17-20-10-14-7-12(9-19-2)3-4-16(14)21-17/h5-6,8,10,12,19H,3-4,7,9H2,1-2H3. The van der Waals surface area contributed by atoms with Crippen LogP contribution in [0.4, 0.5) is 4.39 Å². The van der Waals surface area contributed by atoms with E-state index < -0.39 is 0 Å². The van der Waals surface area contributed by atoms with E-state index in [9.17, 15) is 4.39 Å². The fourth-order valence-electron chi connectivity index (χ4n) is 3.05. The molecule has 3 nitrogen and oxygen atoms in total. The zero-order valence-corrected chi connectivity index (χ0v) is 12.5. The fourth-order valence-corrected chi connectivity index (χ4v) is 3.05. The number of rotatable bonds is 3. The highest BCUT2D eigenvalue weighted by molar-refractivity contribution is 5.56. The molecule has 21 heavy (non-hydrogen) atoms. The Hall–Kier alpha value is -1.81. The predicted octanol–water partition coefficient (Wildman–Crippen LogP) is 2.92. The van der Waals surface area contributed by atoms with Crippen LogP contribution in [-0.4, -0.2) is 23.6 Å². The summed E-state index contributed by atoms with van der Waals surface area (Å²) in [6.07, 6.45) is 5.07. The molecule has 110 valence electrons. The van der Waals surface area contributed by atoms with E-state index in [0.29, 0.717) is 11.7 Å². The third-order valence-electron chi connectivity index (χ3n) is 4.05. The van der Waals surface area contributed by atoms with E-state index in [1.807, 2.05) is 26.2 Å². The summed E-state index contributed by atoms with van der Waals surface area (Å²) in [7, 11) is 1.99. The lowest BCUT2D eigenvalue weighted by Crippen LogP contribution is -2.25. The number of nitrogens with one attached hydrogen (secondary N) is 1. The fraction of sp³-hybridized carbons (Fsp3) is 0.412. The van der Waals surface area contributed by atoms with Crippen molar-refractivity contribution in [2.45, 2.75) is 26.2 Å². The van der Waals surface area contributed by atoms with Crippen LogP contribution in [0.3, 0.4) is 0 Å². The molecule has 1 aromatic heterocycles. The predicted molar refractivity (Wildman–Crippen MR) is 81.6 cm³/mol. The number of aromatic nitrogens is 2. The van der Waals surface area contributed by atoms with E-state index in [-0.39, 0.29) is 5.82 Å². The molecule has 4 heteroatoms. The lowest BCUT2D eigenvalue weighted by Gasteiger charge is -2.23. The highest BCUT2D eigenvalue weighted by atomic mass is 19.1. The Morgan fingerprint density at radius 2 is 2.19 bits per heavy atom. The van der Waals surface area contributed by atoms with E-state index >= 15 is 0 Å². The molecule has 1 heterocycles. The average molecular weight is 285 g/mol. The van der Waals surface area contributed by atoms with Gasteiger partial charge in [-0.05, 0) is 75.0 Å². The number of halogens is 1. The van der Waals surface area contributed by atoms with Crippen molar-refractivity contribution in [1.29, 1.82) is 0 Å². The van der Waals surface area contributed by atoms with Crippen LogP contribution in [0, 0.1) is 18.7 Å². The summed E-state index contributed by atoms with van der Waals surface area (Å²) < 4.78 is 13.5. The van der Waals surface area contributed by atoms with Gasteiger partial charge in [-0.25, -0.2) is 14.4 Å². The Morgan fingerprint density at radius 3 is 2.95 bits per heavy atom. The summed E-state index contributed by atoms with van der Waals surface area (Å²) in [5.74, 6) is 1.05. The minimum Gasteiger partial charge on any atom is -0.319 e. The van der Waals surface area contributed by atoms with Crippen molar-refractivity contribution in [3.8, 4) is 11.4 Å². The number of hydrogen-bond donors (Lipinski definition) is 1. The van der Waals surface area contributed by atoms with Gasteiger partial charge in [0, 0.05) is 17.5 Å². The molecule has 0 radical (unpaired) electrons. The van der Waals surface area contributed by atoms with Gasteiger partial charge in [-0.2, -0.15) is 0 Å². The van der Waals surface area contributed by atoms with Gasteiger partial charge in [-0.3, -0.25) is 0 Å². The maximum atomic E-state index is 13.5. The van der Waals surface area contributed by atoms with Gasteiger partial charge in [0.25, 0.3) is 0 Å². The Labute approximate surface area is 124 Å². The topological polar surface area (TPSA) is 37.8 Å². The molecule has 0 amide bonds. The molecular weight excluding hydrogens is 265 g/mol. The summed E-state index contributed by atoms with van der Waals surface area (Å²) in [4.78, 5) is 9.10. The first-order valence-corrected chi connectivity index (χ1v) is 7.42. The smallest absolute Gasteiger partial charge is 0.159 e. The lowest BCUT2D eigenvalue weighted by molar-refractivity contribution is 0.434. The SMILES string of the molecule is CNCC1CCc2nc(-c3cc(C)cc(F)c3)ncc2C1. The summed E-state index contributed by atoms with van der Waals surface area (Å²) in [5.41, 5.74) is 4.00. The molecule has 1 aliphatic rings. The van der Waals surface area contributed by atoms with Crippen LogP contribution in [0.15, 0.2) is 24.4 Å². The molecule has 3 rings (SSSR count). The third-order valence-corrected chi connectivity index (χ3v) is 4.05. The zero-order valence-electron chi connectivity index (χ0n) is 12.5. The third kappa shape index (κ3) is 3.10. The molecule has 1 N–H and O–H groups in total. The number of aryl methyl sites for hydroxylation is 2. The second-order valence-electron chi connectivity index (χ2n) is 5.85. The van der Waals surface area contributed by atoms with Gasteiger partial charge in [0.2, 0.25) is 0 Å². The first-order chi connectivity index (χ1) is 10.2. The molecule has 0 saturated carbocycles. The van der Waals surface area contributed by atoms with Crippen LogP contribution >= 0.6 is 0 Å². The van der Waals surface area contributed by atoms with Crippen molar-refractivity contribution in [3.63, 3.8) is 0 Å². The van der Waals surface area contributed by atoms with Gasteiger partial charge < -0.3 is 5.32 Å². The highest BCUT2D eigenvalue weighted by Gasteiger charge is 2.20. The number of nitrogens with zero attached hydrogens (tertiary/aromatic N) is 2. The summed E-state index contributed by atoms with van der Waals surface area (Å²) in [5, 5.41) is 3.24. The van der Waals surface area contributed by atoms with Crippen LogP contribution in [0.2, 0.25) is 0 Å². The Bertz CT molecular complexity index is 634. The van der Waals surface area contributed by atoms with Crippen molar-refractivity contribution in [2.75, 3.05) is 13.6 Å². The lowest BCUT2D eigenvalue weighted by atomic mass is 9.87. The maximum absolute atomic E-state index is 13.5. The zero-order chi connectivity index (χ0) is 14.8. The van der Waals surface area contributed by atoms with Crippen LogP contribution < -0.4 is 5.32 Å². The molecular formula is C17H20FN3. The molecule has 0 spiro atoms. The van der Waals surface area contributed by atoms with Gasteiger partial charge >= 0.3 is 0 Å². The molecule has 0 bridgehead atoms. The monoisotopic (exact) mass is 285 g/mol. The van der Waals surface area contributed by atoms with Crippen molar-refractivity contribution < 1.29 is 4.39 Å². The molecule has 0 fully saturated rings. The Morgan fingerprint density at radius 1 is 1.33 bits per heavy atom. The van der Waals surface area contributed by atoms with Gasteiger partial charge in [-0.1, -0.05) is 0 Å². The first-order valence-electron chi connectivity index (χ1n) is 7.42. The first kappa shape index (κ1) is 14.1. The van der Waals surface area contributed by atoms with E-state index in [0.717, 1.165) is 42.6 Å². The molecule has 2 aromatic rings. The molecule has 1 unspecified atom stereocenters. The van der Waals surface area contributed by atoms with Crippen molar-refractivity contribution in [2.24, 2.45) is 5.92 Å². The Balaban J connectivity index is 1.90. The normalized spacial score (nSPS) is 17.6. The van der Waals surface area contributed by atoms with Crippen molar-refractivity contribution >= 4 is 0 Å². The number of fused-ring (bicyclic) bond motifs is 1. The van der Waals surface area contributed by atoms with E-state index in [1.54, 1.807) is 0 Å². The average Bonchev–Trinajstić information content (AvgIpc) is 2.46. The highest BCUT2D eigenvalue weighted by Crippen LogP contribution is 2.26. The number of benzene rings is 1. The summed E-state index contributed by atoms with van der Waals surface area (Å²) in [6, 6.07) is 4.95. The van der Waals surface area contributed by atoms with E-state index in [2.05, 4.69) is 15.3 Å². The maximum Gasteiger partial charge on any atom is 0.159 e. The minimum atomic E-state index is -0.236. The van der Waals surface area contributed by atoms with Gasteiger partial charge in [-0.15, -0.1) is 0 Å².